The van der Waals surface area contributed by atoms with Crippen LogP contribution in [0.5, 0.6) is 0 Å². The number of aliphatic carboxylic acids is 1. The maximum Gasteiger partial charge on any atom is 0.408 e. The van der Waals surface area contributed by atoms with E-state index >= 15 is 0 Å². The predicted molar refractivity (Wildman–Crippen MR) is 113 cm³/mol. The van der Waals surface area contributed by atoms with Crippen molar-refractivity contribution in [3.05, 3.63) is 71.8 Å². The third-order valence-corrected chi connectivity index (χ3v) is 4.49. The van der Waals surface area contributed by atoms with E-state index in [9.17, 15) is 29.4 Å². The van der Waals surface area contributed by atoms with Crippen molar-refractivity contribution in [2.75, 3.05) is 0 Å². The van der Waals surface area contributed by atoms with Gasteiger partial charge in [0.15, 0.2) is 6.10 Å². The molecular weight excluding hydrogens is 418 g/mol. The van der Waals surface area contributed by atoms with Crippen LogP contribution in [0.15, 0.2) is 60.7 Å². The van der Waals surface area contributed by atoms with E-state index < -0.39 is 48.5 Å². The summed E-state index contributed by atoms with van der Waals surface area (Å²) < 4.78 is 5.05. The number of carboxylic acids is 1. The van der Waals surface area contributed by atoms with E-state index in [1.807, 2.05) is 0 Å². The van der Waals surface area contributed by atoms with Crippen molar-refractivity contribution in [1.29, 1.82) is 0 Å². The Hall–Kier alpha value is -3.92. The number of hydrogen-bond donors (Lipinski definition) is 5. The van der Waals surface area contributed by atoms with Crippen LogP contribution in [0, 0.1) is 0 Å². The van der Waals surface area contributed by atoms with Gasteiger partial charge in [-0.3, -0.25) is 9.59 Å². The Morgan fingerprint density at radius 3 is 2.00 bits per heavy atom. The molecule has 0 aliphatic heterocycles. The fraction of sp³-hybridized carbons (Fsp3) is 0.273. The maximum absolute atomic E-state index is 12.7. The van der Waals surface area contributed by atoms with Crippen LogP contribution >= 0.6 is 0 Å². The number of carbonyl (C=O) groups excluding carboxylic acids is 3. The highest BCUT2D eigenvalue weighted by atomic mass is 16.5. The summed E-state index contributed by atoms with van der Waals surface area (Å²) in [5.74, 6) is -3.29. The van der Waals surface area contributed by atoms with E-state index in [-0.39, 0.29) is 13.0 Å². The summed E-state index contributed by atoms with van der Waals surface area (Å²) in [6, 6.07) is 14.8. The van der Waals surface area contributed by atoms with E-state index in [4.69, 9.17) is 10.5 Å². The number of amides is 3. The Balaban J connectivity index is 2.06. The topological polar surface area (TPSA) is 168 Å². The number of benzene rings is 2. The van der Waals surface area contributed by atoms with Gasteiger partial charge in [-0.05, 0) is 17.5 Å². The molecule has 0 bridgehead atoms. The molecule has 0 aliphatic carbocycles. The normalized spacial score (nSPS) is 13.3. The van der Waals surface area contributed by atoms with Gasteiger partial charge in [-0.25, -0.2) is 9.59 Å². The highest BCUT2D eigenvalue weighted by Gasteiger charge is 2.31. The van der Waals surface area contributed by atoms with Gasteiger partial charge in [0.25, 0.3) is 0 Å². The lowest BCUT2D eigenvalue weighted by Crippen LogP contribution is -2.55. The average molecular weight is 443 g/mol. The molecule has 10 nitrogen and oxygen atoms in total. The number of alkyl carbamates (subject to hydrolysis) is 1. The lowest BCUT2D eigenvalue weighted by atomic mass is 10.0. The second kappa shape index (κ2) is 12.1. The molecule has 0 spiro atoms. The Bertz CT molecular complexity index is 922. The van der Waals surface area contributed by atoms with Crippen molar-refractivity contribution in [2.24, 2.45) is 5.73 Å². The predicted octanol–water partition coefficient (Wildman–Crippen LogP) is 0.330. The van der Waals surface area contributed by atoms with Gasteiger partial charge in [-0.2, -0.15) is 0 Å². The number of carbonyl (C=O) groups is 4. The number of aliphatic hydroxyl groups excluding tert-OH is 1. The summed E-state index contributed by atoms with van der Waals surface area (Å²) >= 11 is 0. The lowest BCUT2D eigenvalue weighted by molar-refractivity contribution is -0.148. The second-order valence-corrected chi connectivity index (χ2v) is 7.02. The standard InChI is InChI=1S/C22H25N3O7/c23-18(26)12-17(25-22(31)32-13-15-9-5-2-6-10-15)20(28)24-16(19(27)21(29)30)11-14-7-3-1-4-8-14/h1-10,16-17,19,27H,11-13H2,(H2,23,26)(H,24,28)(H,25,31)(H,29,30)/t16-,17-,19-/m0/s1. The number of primary amides is 1. The van der Waals surface area contributed by atoms with Crippen molar-refractivity contribution < 1.29 is 34.1 Å². The third kappa shape index (κ3) is 8.07. The highest BCUT2D eigenvalue weighted by Crippen LogP contribution is 2.08. The molecule has 0 saturated heterocycles. The van der Waals surface area contributed by atoms with E-state index in [0.717, 1.165) is 0 Å². The van der Waals surface area contributed by atoms with Gasteiger partial charge in [-0.15, -0.1) is 0 Å². The number of nitrogens with one attached hydrogen (secondary N) is 2. The maximum atomic E-state index is 12.7. The van der Waals surface area contributed by atoms with Crippen LogP contribution in [-0.2, 0) is 32.1 Å². The van der Waals surface area contributed by atoms with Gasteiger partial charge in [-0.1, -0.05) is 60.7 Å². The molecule has 0 aromatic heterocycles. The summed E-state index contributed by atoms with van der Waals surface area (Å²) in [5, 5.41) is 23.9. The Morgan fingerprint density at radius 1 is 0.906 bits per heavy atom. The van der Waals surface area contributed by atoms with Crippen LogP contribution in [0.25, 0.3) is 0 Å². The second-order valence-electron chi connectivity index (χ2n) is 7.02. The molecule has 0 fully saturated rings. The number of hydrogen-bond acceptors (Lipinski definition) is 6. The lowest BCUT2D eigenvalue weighted by Gasteiger charge is -2.25. The monoisotopic (exact) mass is 443 g/mol. The molecule has 3 atom stereocenters. The van der Waals surface area contributed by atoms with Gasteiger partial charge < -0.3 is 31.3 Å². The van der Waals surface area contributed by atoms with Crippen LogP contribution in [0.2, 0.25) is 0 Å². The van der Waals surface area contributed by atoms with E-state index in [1.54, 1.807) is 60.7 Å². The molecule has 170 valence electrons. The zero-order valence-electron chi connectivity index (χ0n) is 17.1. The molecule has 2 aromatic carbocycles. The van der Waals surface area contributed by atoms with Crippen LogP contribution in [0.3, 0.4) is 0 Å². The molecule has 0 radical (unpaired) electrons. The molecule has 0 heterocycles. The van der Waals surface area contributed by atoms with Crippen LogP contribution in [0.4, 0.5) is 4.79 Å². The molecular formula is C22H25N3O7. The zero-order chi connectivity index (χ0) is 23.5. The first kappa shape index (κ1) is 24.4. The quantitative estimate of drug-likeness (QED) is 0.333. The van der Waals surface area contributed by atoms with Gasteiger partial charge in [0.1, 0.15) is 12.6 Å². The molecule has 0 unspecified atom stereocenters. The van der Waals surface area contributed by atoms with E-state index in [0.29, 0.717) is 11.1 Å². The molecule has 2 rings (SSSR count). The number of aliphatic hydroxyl groups is 1. The largest absolute Gasteiger partial charge is 0.479 e. The SMILES string of the molecule is NC(=O)C[C@H](NC(=O)OCc1ccccc1)C(=O)N[C@@H](Cc1ccccc1)[C@H](O)C(=O)O. The first-order valence-corrected chi connectivity index (χ1v) is 9.77. The van der Waals surface area contributed by atoms with Gasteiger partial charge in [0, 0.05) is 0 Å². The smallest absolute Gasteiger partial charge is 0.408 e. The average Bonchev–Trinajstić information content (AvgIpc) is 2.77. The van der Waals surface area contributed by atoms with Crippen molar-refractivity contribution in [3.63, 3.8) is 0 Å². The van der Waals surface area contributed by atoms with E-state index in [2.05, 4.69) is 10.6 Å². The minimum absolute atomic E-state index is 0.00178. The fourth-order valence-corrected chi connectivity index (χ4v) is 2.88. The highest BCUT2D eigenvalue weighted by molar-refractivity contribution is 5.91. The molecule has 6 N–H and O–H groups in total. The summed E-state index contributed by atoms with van der Waals surface area (Å²) in [6.45, 7) is -0.0635. The summed E-state index contributed by atoms with van der Waals surface area (Å²) in [6.07, 6.45) is -3.43. The van der Waals surface area contributed by atoms with Crippen molar-refractivity contribution >= 4 is 23.9 Å². The molecule has 10 heteroatoms. The number of rotatable bonds is 11. The fourth-order valence-electron chi connectivity index (χ4n) is 2.88. The summed E-state index contributed by atoms with van der Waals surface area (Å²) in [7, 11) is 0. The third-order valence-electron chi connectivity index (χ3n) is 4.49. The van der Waals surface area contributed by atoms with Gasteiger partial charge in [0.05, 0.1) is 12.5 Å². The summed E-state index contributed by atoms with van der Waals surface area (Å²) in [4.78, 5) is 47.5. The molecule has 32 heavy (non-hydrogen) atoms. The zero-order valence-corrected chi connectivity index (χ0v) is 17.1. The van der Waals surface area contributed by atoms with Crippen molar-refractivity contribution in [2.45, 2.75) is 37.6 Å². The van der Waals surface area contributed by atoms with Crippen molar-refractivity contribution in [3.8, 4) is 0 Å². The Kier molecular flexibility index (Phi) is 9.18. The van der Waals surface area contributed by atoms with Crippen LogP contribution in [0.1, 0.15) is 17.5 Å². The molecule has 0 saturated carbocycles. The minimum Gasteiger partial charge on any atom is -0.479 e. The van der Waals surface area contributed by atoms with Crippen LogP contribution < -0.4 is 16.4 Å². The van der Waals surface area contributed by atoms with Gasteiger partial charge in [0.2, 0.25) is 11.8 Å². The van der Waals surface area contributed by atoms with E-state index in [1.165, 1.54) is 0 Å². The van der Waals surface area contributed by atoms with Crippen molar-refractivity contribution in [1.82, 2.24) is 10.6 Å². The molecule has 3 amide bonds. The first-order chi connectivity index (χ1) is 15.3. The minimum atomic E-state index is -1.92. The van der Waals surface area contributed by atoms with Crippen LogP contribution in [-0.4, -0.2) is 52.3 Å². The summed E-state index contributed by atoms with van der Waals surface area (Å²) in [5.41, 5.74) is 6.56. The first-order valence-electron chi connectivity index (χ1n) is 9.77. The Labute approximate surface area is 184 Å². The molecule has 2 aromatic rings. The Morgan fingerprint density at radius 2 is 1.47 bits per heavy atom. The number of ether oxygens (including phenoxy) is 1. The molecule has 0 aliphatic rings. The number of nitrogens with two attached hydrogens (primary N) is 1. The van der Waals surface area contributed by atoms with Gasteiger partial charge >= 0.3 is 12.1 Å². The number of carboxylic acid groups (broad SMARTS) is 1.